The maximum atomic E-state index is 12.5. The minimum Gasteiger partial charge on any atom is -0.480 e. The van der Waals surface area contributed by atoms with Crippen molar-refractivity contribution in [1.29, 1.82) is 0 Å². The number of hydrogen-bond donors (Lipinski definition) is 3. The molecule has 1 aliphatic rings. The van der Waals surface area contributed by atoms with Crippen molar-refractivity contribution in [2.45, 2.75) is 38.3 Å². The van der Waals surface area contributed by atoms with Gasteiger partial charge in [0.15, 0.2) is 0 Å². The molecule has 2 amide bonds. The van der Waals surface area contributed by atoms with Crippen molar-refractivity contribution in [1.82, 2.24) is 15.6 Å². The summed E-state index contributed by atoms with van der Waals surface area (Å²) in [5, 5.41) is 16.3. The molecule has 2 unspecified atom stereocenters. The smallest absolute Gasteiger partial charge is 0.407 e. The van der Waals surface area contributed by atoms with Crippen LogP contribution in [0.1, 0.15) is 58.9 Å². The number of aromatic nitrogens is 1. The van der Waals surface area contributed by atoms with E-state index in [1.165, 1.54) is 16.7 Å². The predicted molar refractivity (Wildman–Crippen MR) is 128 cm³/mol. The van der Waals surface area contributed by atoms with Gasteiger partial charge in [-0.3, -0.25) is 4.79 Å². The standard InChI is InChI=1S/C25H25N3O5S/c1-3-20(24(30)31)27-22(29)21-13-34-23(28-21)14(2)26-25(32)33-12-19-17-10-6-4-8-15(17)16-9-5-7-11-18(16)19/h4-11,13-14,19-20H,3,12H2,1-2H3,(H,26,32)(H,27,29)(H,30,31). The molecule has 0 bridgehead atoms. The lowest BCUT2D eigenvalue weighted by atomic mass is 9.98. The number of alkyl carbamates (subject to hydrolysis) is 1. The average molecular weight is 480 g/mol. The third-order valence-electron chi connectivity index (χ3n) is 5.81. The molecule has 0 aliphatic heterocycles. The summed E-state index contributed by atoms with van der Waals surface area (Å²) in [4.78, 5) is 40.2. The Kier molecular flexibility index (Phi) is 6.93. The van der Waals surface area contributed by atoms with E-state index in [0.717, 1.165) is 22.3 Å². The highest BCUT2D eigenvalue weighted by Crippen LogP contribution is 2.44. The van der Waals surface area contributed by atoms with Crippen molar-refractivity contribution in [2.75, 3.05) is 6.61 Å². The normalized spacial score (nSPS) is 13.9. The largest absolute Gasteiger partial charge is 0.480 e. The number of aliphatic carboxylic acids is 1. The number of carboxylic acid groups (broad SMARTS) is 1. The molecule has 0 spiro atoms. The van der Waals surface area contributed by atoms with Gasteiger partial charge in [-0.2, -0.15) is 0 Å². The van der Waals surface area contributed by atoms with Crippen LogP contribution in [0.2, 0.25) is 0 Å². The van der Waals surface area contributed by atoms with E-state index in [0.29, 0.717) is 5.01 Å². The molecule has 1 heterocycles. The number of amides is 2. The lowest BCUT2D eigenvalue weighted by Crippen LogP contribution is -2.40. The number of nitrogens with one attached hydrogen (secondary N) is 2. The molecule has 0 saturated carbocycles. The molecule has 3 N–H and O–H groups in total. The number of nitrogens with zero attached hydrogens (tertiary/aromatic N) is 1. The molecule has 1 aromatic heterocycles. The van der Waals surface area contributed by atoms with Gasteiger partial charge in [0.25, 0.3) is 5.91 Å². The molecule has 8 nitrogen and oxygen atoms in total. The Bertz CT molecular complexity index is 1180. The highest BCUT2D eigenvalue weighted by Gasteiger charge is 2.29. The molecule has 0 saturated heterocycles. The quantitative estimate of drug-likeness (QED) is 0.443. The van der Waals surface area contributed by atoms with Gasteiger partial charge in [0.2, 0.25) is 0 Å². The van der Waals surface area contributed by atoms with Gasteiger partial charge in [-0.1, -0.05) is 55.5 Å². The zero-order valence-corrected chi connectivity index (χ0v) is 19.6. The number of fused-ring (bicyclic) bond motifs is 3. The first-order valence-corrected chi connectivity index (χ1v) is 11.9. The summed E-state index contributed by atoms with van der Waals surface area (Å²) in [6.07, 6.45) is -0.315. The van der Waals surface area contributed by atoms with Gasteiger partial charge in [-0.25, -0.2) is 14.6 Å². The Labute approximate surface area is 201 Å². The van der Waals surface area contributed by atoms with Gasteiger partial charge >= 0.3 is 12.1 Å². The number of thiazole rings is 1. The third kappa shape index (κ3) is 4.79. The molecular formula is C25H25N3O5S. The van der Waals surface area contributed by atoms with E-state index < -0.39 is 30.1 Å². The number of carbonyl (C=O) groups excluding carboxylic acids is 2. The van der Waals surface area contributed by atoms with Crippen LogP contribution < -0.4 is 10.6 Å². The molecule has 9 heteroatoms. The molecule has 4 rings (SSSR count). The van der Waals surface area contributed by atoms with E-state index >= 15 is 0 Å². The van der Waals surface area contributed by atoms with Crippen molar-refractivity contribution in [3.8, 4) is 11.1 Å². The van der Waals surface area contributed by atoms with Crippen LogP contribution in [0.25, 0.3) is 11.1 Å². The molecule has 1 aliphatic carbocycles. The fraction of sp³-hybridized carbons (Fsp3) is 0.280. The Morgan fingerprint density at radius 2 is 1.68 bits per heavy atom. The van der Waals surface area contributed by atoms with Gasteiger partial charge in [-0.15, -0.1) is 11.3 Å². The molecular weight excluding hydrogens is 454 g/mol. The molecule has 2 atom stereocenters. The topological polar surface area (TPSA) is 118 Å². The summed E-state index contributed by atoms with van der Waals surface area (Å²) in [5.74, 6) is -1.70. The van der Waals surface area contributed by atoms with Crippen LogP contribution in [-0.2, 0) is 9.53 Å². The molecule has 34 heavy (non-hydrogen) atoms. The highest BCUT2D eigenvalue weighted by atomic mass is 32.1. The van der Waals surface area contributed by atoms with Crippen molar-refractivity contribution in [3.05, 3.63) is 75.7 Å². The SMILES string of the molecule is CCC(NC(=O)c1csc(C(C)NC(=O)OCC2c3ccccc3-c3ccccc32)n1)C(=O)O. The fourth-order valence-corrected chi connectivity index (χ4v) is 4.85. The Morgan fingerprint density at radius 1 is 1.06 bits per heavy atom. The Hall–Kier alpha value is -3.72. The number of carboxylic acids is 1. The van der Waals surface area contributed by atoms with E-state index in [2.05, 4.69) is 39.9 Å². The number of rotatable bonds is 8. The first-order chi connectivity index (χ1) is 16.4. The van der Waals surface area contributed by atoms with Gasteiger partial charge in [0, 0.05) is 11.3 Å². The zero-order chi connectivity index (χ0) is 24.2. The van der Waals surface area contributed by atoms with E-state index in [4.69, 9.17) is 9.84 Å². The monoisotopic (exact) mass is 479 g/mol. The Morgan fingerprint density at radius 3 is 2.26 bits per heavy atom. The van der Waals surface area contributed by atoms with Crippen LogP contribution in [0.4, 0.5) is 4.79 Å². The number of ether oxygens (including phenoxy) is 1. The second-order valence-electron chi connectivity index (χ2n) is 8.04. The molecule has 0 fully saturated rings. The average Bonchev–Trinajstić information content (AvgIpc) is 3.45. The van der Waals surface area contributed by atoms with Crippen molar-refractivity contribution in [2.24, 2.45) is 0 Å². The zero-order valence-electron chi connectivity index (χ0n) is 18.8. The van der Waals surface area contributed by atoms with Crippen LogP contribution >= 0.6 is 11.3 Å². The first kappa shape index (κ1) is 23.4. The summed E-state index contributed by atoms with van der Waals surface area (Å²) in [6.45, 7) is 3.62. The van der Waals surface area contributed by atoms with Gasteiger partial charge in [0.05, 0.1) is 6.04 Å². The second kappa shape index (κ2) is 10.0. The van der Waals surface area contributed by atoms with Crippen molar-refractivity contribution in [3.63, 3.8) is 0 Å². The molecule has 176 valence electrons. The van der Waals surface area contributed by atoms with Gasteiger partial charge in [0.1, 0.15) is 23.4 Å². The maximum Gasteiger partial charge on any atom is 0.407 e. The lowest BCUT2D eigenvalue weighted by Gasteiger charge is -2.16. The summed E-state index contributed by atoms with van der Waals surface area (Å²) in [6, 6.07) is 14.8. The van der Waals surface area contributed by atoms with Crippen LogP contribution in [-0.4, -0.2) is 40.7 Å². The number of carbonyl (C=O) groups is 3. The minimum atomic E-state index is -1.10. The van der Waals surface area contributed by atoms with E-state index in [1.54, 1.807) is 13.8 Å². The van der Waals surface area contributed by atoms with Crippen LogP contribution in [0.5, 0.6) is 0 Å². The maximum absolute atomic E-state index is 12.5. The van der Waals surface area contributed by atoms with Gasteiger partial charge in [-0.05, 0) is 35.6 Å². The molecule has 3 aromatic rings. The summed E-state index contributed by atoms with van der Waals surface area (Å²) in [7, 11) is 0. The number of benzene rings is 2. The summed E-state index contributed by atoms with van der Waals surface area (Å²) < 4.78 is 5.56. The van der Waals surface area contributed by atoms with Crippen LogP contribution in [0, 0.1) is 0 Å². The fourth-order valence-electron chi connectivity index (χ4n) is 4.04. The van der Waals surface area contributed by atoms with Gasteiger partial charge < -0.3 is 20.5 Å². The molecule has 2 aromatic carbocycles. The second-order valence-corrected chi connectivity index (χ2v) is 8.92. The van der Waals surface area contributed by atoms with Crippen molar-refractivity contribution >= 4 is 29.3 Å². The minimum absolute atomic E-state index is 0.0376. The van der Waals surface area contributed by atoms with E-state index in [9.17, 15) is 14.4 Å². The lowest BCUT2D eigenvalue weighted by molar-refractivity contribution is -0.139. The highest BCUT2D eigenvalue weighted by molar-refractivity contribution is 7.09. The summed E-state index contributed by atoms with van der Waals surface area (Å²) >= 11 is 1.21. The summed E-state index contributed by atoms with van der Waals surface area (Å²) in [5.41, 5.74) is 4.68. The predicted octanol–water partition coefficient (Wildman–Crippen LogP) is 4.34. The van der Waals surface area contributed by atoms with E-state index in [-0.39, 0.29) is 24.6 Å². The molecule has 0 radical (unpaired) electrons. The van der Waals surface area contributed by atoms with E-state index in [1.807, 2.05) is 24.3 Å². The number of hydrogen-bond acceptors (Lipinski definition) is 6. The van der Waals surface area contributed by atoms with Crippen molar-refractivity contribution < 1.29 is 24.2 Å². The van der Waals surface area contributed by atoms with Crippen LogP contribution in [0.15, 0.2) is 53.9 Å². The first-order valence-electron chi connectivity index (χ1n) is 11.0. The third-order valence-corrected chi connectivity index (χ3v) is 6.84. The Balaban J connectivity index is 1.36. The van der Waals surface area contributed by atoms with Crippen LogP contribution in [0.3, 0.4) is 0 Å².